The second-order valence-corrected chi connectivity index (χ2v) is 6.13. The zero-order chi connectivity index (χ0) is 15.4. The molecule has 0 saturated carbocycles. The van der Waals surface area contributed by atoms with Crippen LogP contribution in [0.3, 0.4) is 0 Å². The average Bonchev–Trinajstić information content (AvgIpc) is 3.04. The largest absolute Gasteiger partial charge is 0.390 e. The van der Waals surface area contributed by atoms with Crippen molar-refractivity contribution >= 4 is 17.2 Å². The maximum absolute atomic E-state index is 12.0. The number of carbonyl (C=O) groups is 1. The van der Waals surface area contributed by atoms with Crippen molar-refractivity contribution in [1.82, 2.24) is 20.3 Å². The smallest absolute Gasteiger partial charge is 0.242 e. The van der Waals surface area contributed by atoms with Crippen LogP contribution in [-0.2, 0) is 24.4 Å². The number of amides is 1. The van der Waals surface area contributed by atoms with E-state index in [0.29, 0.717) is 5.69 Å². The topological polar surface area (TPSA) is 80.0 Å². The lowest BCUT2D eigenvalue weighted by Crippen LogP contribution is -2.29. The molecule has 0 radical (unpaired) electrons. The van der Waals surface area contributed by atoms with Crippen LogP contribution in [0.1, 0.15) is 40.9 Å². The van der Waals surface area contributed by atoms with Crippen LogP contribution in [0.15, 0.2) is 12.3 Å². The third-order valence-electron chi connectivity index (χ3n) is 3.22. The minimum atomic E-state index is -0.174. The fourth-order valence-electron chi connectivity index (χ4n) is 2.10. The third-order valence-corrected chi connectivity index (χ3v) is 4.78. The fourth-order valence-corrected chi connectivity index (χ4v) is 3.22. The number of aromatic nitrogens is 3. The van der Waals surface area contributed by atoms with Crippen LogP contribution in [0, 0.1) is 6.92 Å². The molecule has 0 aliphatic carbocycles. The first-order chi connectivity index (χ1) is 10.0. The summed E-state index contributed by atoms with van der Waals surface area (Å²) in [5.41, 5.74) is 1.74. The average molecular weight is 308 g/mol. The van der Waals surface area contributed by atoms with Crippen molar-refractivity contribution in [2.75, 3.05) is 0 Å². The van der Waals surface area contributed by atoms with Gasteiger partial charge in [-0.1, -0.05) is 12.1 Å². The van der Waals surface area contributed by atoms with Crippen LogP contribution in [0.2, 0.25) is 0 Å². The number of aliphatic hydroxyl groups is 1. The zero-order valence-corrected chi connectivity index (χ0v) is 13.3. The molecule has 2 heterocycles. The van der Waals surface area contributed by atoms with E-state index in [9.17, 15) is 4.79 Å². The van der Waals surface area contributed by atoms with Crippen molar-refractivity contribution in [1.29, 1.82) is 0 Å². The SMILES string of the molecule is CCc1sc([C@@H](C)NC(=O)Cn2cc(CO)nn2)cc1C. The van der Waals surface area contributed by atoms with Gasteiger partial charge in [-0.25, -0.2) is 4.68 Å². The van der Waals surface area contributed by atoms with Crippen LogP contribution < -0.4 is 5.32 Å². The van der Waals surface area contributed by atoms with E-state index in [1.54, 1.807) is 17.5 Å². The molecule has 2 rings (SSSR count). The molecular formula is C14H20N4O2S. The van der Waals surface area contributed by atoms with Crippen molar-refractivity contribution in [3.05, 3.63) is 33.3 Å². The molecular weight excluding hydrogens is 288 g/mol. The predicted molar refractivity (Wildman–Crippen MR) is 80.9 cm³/mol. The number of carbonyl (C=O) groups excluding carboxylic acids is 1. The van der Waals surface area contributed by atoms with Gasteiger partial charge in [-0.05, 0) is 31.9 Å². The van der Waals surface area contributed by atoms with Gasteiger partial charge in [-0.3, -0.25) is 4.79 Å². The molecule has 7 heteroatoms. The first kappa shape index (κ1) is 15.7. The molecule has 0 bridgehead atoms. The molecule has 2 N–H and O–H groups in total. The van der Waals surface area contributed by atoms with Gasteiger partial charge in [0.25, 0.3) is 0 Å². The minimum absolute atomic E-state index is 0.0256. The Balaban J connectivity index is 1.94. The molecule has 2 aromatic heterocycles. The predicted octanol–water partition coefficient (Wildman–Crippen LogP) is 1.58. The molecule has 1 amide bonds. The number of hydrogen-bond acceptors (Lipinski definition) is 5. The number of nitrogens with zero attached hydrogens (tertiary/aromatic N) is 3. The Labute approximate surface area is 127 Å². The number of thiophene rings is 1. The summed E-state index contributed by atoms with van der Waals surface area (Å²) >= 11 is 1.74. The summed E-state index contributed by atoms with van der Waals surface area (Å²) < 4.78 is 1.42. The van der Waals surface area contributed by atoms with Crippen molar-refractivity contribution in [3.8, 4) is 0 Å². The number of nitrogens with one attached hydrogen (secondary N) is 1. The van der Waals surface area contributed by atoms with Crippen LogP contribution in [0.5, 0.6) is 0 Å². The summed E-state index contributed by atoms with van der Waals surface area (Å²) in [6.45, 7) is 6.13. The summed E-state index contributed by atoms with van der Waals surface area (Å²) in [4.78, 5) is 14.5. The third kappa shape index (κ3) is 3.89. The Bertz CT molecular complexity index is 620. The fraction of sp³-hybridized carbons (Fsp3) is 0.500. The van der Waals surface area contributed by atoms with E-state index in [4.69, 9.17) is 5.11 Å². The lowest BCUT2D eigenvalue weighted by atomic mass is 10.2. The monoisotopic (exact) mass is 308 g/mol. The van der Waals surface area contributed by atoms with Gasteiger partial charge in [-0.2, -0.15) is 0 Å². The Morgan fingerprint density at radius 3 is 2.90 bits per heavy atom. The van der Waals surface area contributed by atoms with Gasteiger partial charge in [0.1, 0.15) is 12.2 Å². The van der Waals surface area contributed by atoms with Crippen LogP contribution in [0.25, 0.3) is 0 Å². The Kier molecular flexibility index (Phi) is 5.08. The van der Waals surface area contributed by atoms with Crippen molar-refractivity contribution in [2.45, 2.75) is 46.4 Å². The molecule has 0 aliphatic rings. The molecule has 0 fully saturated rings. The maximum Gasteiger partial charge on any atom is 0.242 e. The van der Waals surface area contributed by atoms with Crippen molar-refractivity contribution < 1.29 is 9.90 Å². The summed E-state index contributed by atoms with van der Waals surface area (Å²) in [6.07, 6.45) is 2.58. The standard InChI is InChI=1S/C14H20N4O2S/c1-4-12-9(2)5-13(21-12)10(3)15-14(20)7-18-6-11(8-19)16-17-18/h5-6,10,19H,4,7-8H2,1-3H3,(H,15,20)/t10-/m1/s1. The molecule has 114 valence electrons. The molecule has 6 nitrogen and oxygen atoms in total. The maximum atomic E-state index is 12.0. The lowest BCUT2D eigenvalue weighted by molar-refractivity contribution is -0.122. The highest BCUT2D eigenvalue weighted by molar-refractivity contribution is 7.12. The van der Waals surface area contributed by atoms with Gasteiger partial charge < -0.3 is 10.4 Å². The summed E-state index contributed by atoms with van der Waals surface area (Å²) in [5, 5.41) is 19.4. The molecule has 0 spiro atoms. The summed E-state index contributed by atoms with van der Waals surface area (Å²) in [7, 11) is 0. The van der Waals surface area contributed by atoms with Crippen LogP contribution >= 0.6 is 11.3 Å². The first-order valence-electron chi connectivity index (χ1n) is 6.92. The first-order valence-corrected chi connectivity index (χ1v) is 7.73. The zero-order valence-electron chi connectivity index (χ0n) is 12.5. The molecule has 2 aromatic rings. The van der Waals surface area contributed by atoms with Gasteiger partial charge in [0, 0.05) is 9.75 Å². The van der Waals surface area contributed by atoms with Gasteiger partial charge >= 0.3 is 0 Å². The van der Waals surface area contributed by atoms with E-state index >= 15 is 0 Å². The minimum Gasteiger partial charge on any atom is -0.390 e. The van der Waals surface area contributed by atoms with Crippen molar-refractivity contribution in [2.24, 2.45) is 0 Å². The van der Waals surface area contributed by atoms with E-state index in [2.05, 4.69) is 35.5 Å². The molecule has 0 unspecified atom stereocenters. The summed E-state index contributed by atoms with van der Waals surface area (Å²) in [5.74, 6) is -0.124. The number of aryl methyl sites for hydroxylation is 2. The molecule has 0 aromatic carbocycles. The quantitative estimate of drug-likeness (QED) is 0.849. The molecule has 0 aliphatic heterocycles. The lowest BCUT2D eigenvalue weighted by Gasteiger charge is -2.12. The van der Waals surface area contributed by atoms with E-state index in [-0.39, 0.29) is 25.1 Å². The number of hydrogen-bond donors (Lipinski definition) is 2. The van der Waals surface area contributed by atoms with Gasteiger partial charge in [0.15, 0.2) is 0 Å². The van der Waals surface area contributed by atoms with E-state index < -0.39 is 0 Å². The van der Waals surface area contributed by atoms with Gasteiger partial charge in [-0.15, -0.1) is 16.4 Å². The second kappa shape index (κ2) is 6.82. The second-order valence-electron chi connectivity index (χ2n) is 4.96. The molecule has 21 heavy (non-hydrogen) atoms. The Hall–Kier alpha value is -1.73. The summed E-state index contributed by atoms with van der Waals surface area (Å²) in [6, 6.07) is 2.11. The highest BCUT2D eigenvalue weighted by Crippen LogP contribution is 2.27. The number of aliphatic hydroxyl groups excluding tert-OH is 1. The number of rotatable bonds is 6. The Morgan fingerprint density at radius 2 is 2.33 bits per heavy atom. The molecule has 1 atom stereocenters. The highest BCUT2D eigenvalue weighted by atomic mass is 32.1. The molecule has 0 saturated heterocycles. The Morgan fingerprint density at radius 1 is 1.57 bits per heavy atom. The van der Waals surface area contributed by atoms with E-state index in [0.717, 1.165) is 11.3 Å². The van der Waals surface area contributed by atoms with Crippen molar-refractivity contribution in [3.63, 3.8) is 0 Å². The van der Waals surface area contributed by atoms with Gasteiger partial charge in [0.2, 0.25) is 5.91 Å². The van der Waals surface area contributed by atoms with E-state index in [1.807, 2.05) is 6.92 Å². The van der Waals surface area contributed by atoms with E-state index in [1.165, 1.54) is 15.1 Å². The normalized spacial score (nSPS) is 12.4. The van der Waals surface area contributed by atoms with Crippen LogP contribution in [-0.4, -0.2) is 26.0 Å². The van der Waals surface area contributed by atoms with Crippen LogP contribution in [0.4, 0.5) is 0 Å². The van der Waals surface area contributed by atoms with Gasteiger partial charge in [0.05, 0.1) is 18.8 Å². The highest BCUT2D eigenvalue weighted by Gasteiger charge is 2.14.